The molecule has 1 heterocycles. The molecule has 148 valence electrons. The third-order valence-corrected chi connectivity index (χ3v) is 3.97. The number of benzene rings is 1. The van der Waals surface area contributed by atoms with Crippen LogP contribution in [-0.2, 0) is 14.3 Å². The van der Waals surface area contributed by atoms with E-state index in [9.17, 15) is 24.5 Å². The lowest BCUT2D eigenvalue weighted by atomic mass is 10.1. The van der Waals surface area contributed by atoms with Gasteiger partial charge in [-0.25, -0.2) is 4.79 Å². The van der Waals surface area contributed by atoms with E-state index in [0.717, 1.165) is 5.56 Å². The Labute approximate surface area is 160 Å². The summed E-state index contributed by atoms with van der Waals surface area (Å²) in [6.07, 6.45) is 1.31. The maximum atomic E-state index is 12.1. The predicted octanol–water partition coefficient (Wildman–Crippen LogP) is 2.10. The quantitative estimate of drug-likeness (QED) is 0.420. The zero-order valence-corrected chi connectivity index (χ0v) is 15.5. The second-order valence-corrected chi connectivity index (χ2v) is 5.99. The maximum absolute atomic E-state index is 12.1. The first kappa shape index (κ1) is 20.6. The number of anilines is 1. The van der Waals surface area contributed by atoms with Gasteiger partial charge in [-0.15, -0.1) is 0 Å². The van der Waals surface area contributed by atoms with E-state index in [-0.39, 0.29) is 17.1 Å². The molecule has 0 fully saturated rings. The van der Waals surface area contributed by atoms with Crippen molar-refractivity contribution >= 4 is 29.2 Å². The molecule has 1 aromatic carbocycles. The van der Waals surface area contributed by atoms with E-state index in [1.54, 1.807) is 19.9 Å². The summed E-state index contributed by atoms with van der Waals surface area (Å²) >= 11 is 0. The number of nitrogens with zero attached hydrogens (tertiary/aromatic N) is 1. The molecule has 2 rings (SSSR count). The highest BCUT2D eigenvalue weighted by Crippen LogP contribution is 2.30. The number of carbonyl (C=O) groups excluding carboxylic acids is 3. The molecule has 0 spiro atoms. The molecule has 2 N–H and O–H groups in total. The fourth-order valence-corrected chi connectivity index (χ4v) is 2.28. The van der Waals surface area contributed by atoms with Crippen LogP contribution in [0.2, 0.25) is 0 Å². The van der Waals surface area contributed by atoms with Crippen LogP contribution in [0.15, 0.2) is 34.9 Å². The summed E-state index contributed by atoms with van der Waals surface area (Å²) in [5.74, 6) is -2.16. The Hall–Kier alpha value is -3.69. The van der Waals surface area contributed by atoms with Crippen LogP contribution in [0.5, 0.6) is 0 Å². The molecule has 0 bridgehead atoms. The molecule has 10 heteroatoms. The number of rotatable bonds is 7. The molecular weight excluding hydrogens is 370 g/mol. The molecule has 10 nitrogen and oxygen atoms in total. The molecule has 2 amide bonds. The zero-order valence-electron chi connectivity index (χ0n) is 15.5. The minimum Gasteiger partial charge on any atom is -0.459 e. The molecule has 0 saturated heterocycles. The average Bonchev–Trinajstić information content (AvgIpc) is 3.18. The lowest BCUT2D eigenvalue weighted by Crippen LogP contribution is -2.40. The van der Waals surface area contributed by atoms with Crippen molar-refractivity contribution in [2.45, 2.75) is 26.8 Å². The zero-order chi connectivity index (χ0) is 20.8. The van der Waals surface area contributed by atoms with E-state index in [1.807, 2.05) is 0 Å². The van der Waals surface area contributed by atoms with Gasteiger partial charge in [0.25, 0.3) is 17.5 Å². The number of hydrogen-bond acceptors (Lipinski definition) is 7. The summed E-state index contributed by atoms with van der Waals surface area (Å²) in [7, 11) is 0. The number of ether oxygens (including phenoxy) is 1. The van der Waals surface area contributed by atoms with Crippen LogP contribution >= 0.6 is 0 Å². The number of aryl methyl sites for hydroxylation is 1. The number of carbonyl (C=O) groups is 3. The normalized spacial score (nSPS) is 11.4. The highest BCUT2D eigenvalue weighted by Gasteiger charge is 2.22. The van der Waals surface area contributed by atoms with Gasteiger partial charge < -0.3 is 19.8 Å². The number of esters is 1. The Morgan fingerprint density at radius 3 is 2.57 bits per heavy atom. The molecular formula is C18H19N3O7. The van der Waals surface area contributed by atoms with Crippen molar-refractivity contribution in [1.82, 2.24) is 5.32 Å². The van der Waals surface area contributed by atoms with Gasteiger partial charge in [-0.2, -0.15) is 0 Å². The van der Waals surface area contributed by atoms with Crippen LogP contribution in [0.3, 0.4) is 0 Å². The van der Waals surface area contributed by atoms with Gasteiger partial charge in [0.15, 0.2) is 12.4 Å². The van der Waals surface area contributed by atoms with Crippen LogP contribution in [0.4, 0.5) is 11.4 Å². The van der Waals surface area contributed by atoms with Crippen molar-refractivity contribution in [3.05, 3.63) is 57.5 Å². The number of nitro benzene ring substituents is 1. The first-order chi connectivity index (χ1) is 13.2. The Balaban J connectivity index is 1.94. The lowest BCUT2D eigenvalue weighted by molar-refractivity contribution is -0.384. The molecule has 1 atom stereocenters. The Bertz CT molecular complexity index is 906. The number of nitrogens with one attached hydrogen (secondary N) is 2. The van der Waals surface area contributed by atoms with E-state index >= 15 is 0 Å². The van der Waals surface area contributed by atoms with Crippen LogP contribution in [0.25, 0.3) is 0 Å². The van der Waals surface area contributed by atoms with Crippen LogP contribution in [0.1, 0.15) is 28.6 Å². The van der Waals surface area contributed by atoms with Crippen molar-refractivity contribution in [2.24, 2.45) is 0 Å². The van der Waals surface area contributed by atoms with Gasteiger partial charge in [0.1, 0.15) is 11.7 Å². The van der Waals surface area contributed by atoms with Gasteiger partial charge in [-0.3, -0.25) is 19.7 Å². The van der Waals surface area contributed by atoms with Crippen molar-refractivity contribution in [2.75, 3.05) is 11.9 Å². The summed E-state index contributed by atoms with van der Waals surface area (Å²) in [6, 6.07) is 4.79. The van der Waals surface area contributed by atoms with Gasteiger partial charge >= 0.3 is 5.97 Å². The Morgan fingerprint density at radius 1 is 1.25 bits per heavy atom. The summed E-state index contributed by atoms with van der Waals surface area (Å²) in [5.41, 5.74) is 1.08. The topological polar surface area (TPSA) is 141 Å². The first-order valence-corrected chi connectivity index (χ1v) is 8.26. The number of hydrogen-bond donors (Lipinski definition) is 2. The first-order valence-electron chi connectivity index (χ1n) is 8.26. The van der Waals surface area contributed by atoms with Crippen LogP contribution < -0.4 is 10.6 Å². The van der Waals surface area contributed by atoms with E-state index in [1.165, 1.54) is 31.4 Å². The number of amides is 2. The Morgan fingerprint density at radius 2 is 1.96 bits per heavy atom. The smallest absolute Gasteiger partial charge is 0.328 e. The van der Waals surface area contributed by atoms with E-state index in [2.05, 4.69) is 10.6 Å². The van der Waals surface area contributed by atoms with E-state index < -0.39 is 35.4 Å². The summed E-state index contributed by atoms with van der Waals surface area (Å²) in [6.45, 7) is 4.11. The van der Waals surface area contributed by atoms with Gasteiger partial charge in [0, 0.05) is 6.07 Å². The Kier molecular flexibility index (Phi) is 6.48. The van der Waals surface area contributed by atoms with Crippen LogP contribution in [-0.4, -0.2) is 35.4 Å². The monoisotopic (exact) mass is 389 g/mol. The van der Waals surface area contributed by atoms with Crippen molar-refractivity contribution in [3.8, 4) is 0 Å². The van der Waals surface area contributed by atoms with Gasteiger partial charge in [-0.1, -0.05) is 6.07 Å². The highest BCUT2D eigenvalue weighted by atomic mass is 16.6. The summed E-state index contributed by atoms with van der Waals surface area (Å²) in [5, 5.41) is 15.9. The van der Waals surface area contributed by atoms with Gasteiger partial charge in [0.2, 0.25) is 0 Å². The average molecular weight is 389 g/mol. The van der Waals surface area contributed by atoms with Gasteiger partial charge in [0.05, 0.1) is 11.2 Å². The second-order valence-electron chi connectivity index (χ2n) is 5.99. The largest absolute Gasteiger partial charge is 0.459 e. The summed E-state index contributed by atoms with van der Waals surface area (Å²) in [4.78, 5) is 46.4. The third-order valence-electron chi connectivity index (χ3n) is 3.97. The fraction of sp³-hybridized carbons (Fsp3) is 0.278. The second kappa shape index (κ2) is 8.80. The molecule has 28 heavy (non-hydrogen) atoms. The van der Waals surface area contributed by atoms with Gasteiger partial charge in [-0.05, 0) is 44.0 Å². The third kappa shape index (κ3) is 4.93. The highest BCUT2D eigenvalue weighted by molar-refractivity contribution is 5.97. The van der Waals surface area contributed by atoms with Crippen molar-refractivity contribution in [1.29, 1.82) is 0 Å². The fourth-order valence-electron chi connectivity index (χ4n) is 2.28. The van der Waals surface area contributed by atoms with Crippen molar-refractivity contribution in [3.63, 3.8) is 0 Å². The SMILES string of the molecule is Cc1ccc([N+](=O)[O-])c(NC(=O)COC(=O)[C@H](C)NC(=O)c2ccco2)c1C. The van der Waals surface area contributed by atoms with Crippen LogP contribution in [0, 0.1) is 24.0 Å². The molecule has 2 aromatic rings. The molecule has 0 saturated carbocycles. The van der Waals surface area contributed by atoms with E-state index in [0.29, 0.717) is 5.56 Å². The minimum atomic E-state index is -1.03. The molecule has 0 aliphatic heterocycles. The minimum absolute atomic E-state index is 0.0274. The molecule has 0 aliphatic rings. The molecule has 0 radical (unpaired) electrons. The number of furan rings is 1. The lowest BCUT2D eigenvalue weighted by Gasteiger charge is -2.14. The molecule has 0 aliphatic carbocycles. The predicted molar refractivity (Wildman–Crippen MR) is 97.8 cm³/mol. The molecule has 0 unspecified atom stereocenters. The standard InChI is InChI=1S/C18H19N3O7/c1-10-6-7-13(21(25)26)16(11(10)2)20-15(22)9-28-18(24)12(3)19-17(23)14-5-4-8-27-14/h4-8,12H,9H2,1-3H3,(H,19,23)(H,20,22)/t12-/m0/s1. The maximum Gasteiger partial charge on any atom is 0.328 e. The summed E-state index contributed by atoms with van der Waals surface area (Å²) < 4.78 is 9.77. The number of nitro groups is 1. The van der Waals surface area contributed by atoms with E-state index in [4.69, 9.17) is 9.15 Å². The molecule has 1 aromatic heterocycles. The van der Waals surface area contributed by atoms with Crippen molar-refractivity contribution < 1.29 is 28.5 Å².